The highest BCUT2D eigenvalue weighted by Gasteiger charge is 2.05. The lowest BCUT2D eigenvalue weighted by molar-refractivity contribution is 0.0955. The van der Waals surface area contributed by atoms with E-state index in [4.69, 9.17) is 0 Å². The normalized spacial score (nSPS) is 11.1. The molecule has 1 aromatic heterocycles. The third kappa shape index (κ3) is 6.48. The van der Waals surface area contributed by atoms with E-state index in [1.807, 2.05) is 31.2 Å². The van der Waals surface area contributed by atoms with Gasteiger partial charge in [-0.15, -0.1) is 24.0 Å². The number of aromatic nitrogens is 1. The molecule has 6 nitrogen and oxygen atoms in total. The number of para-hydroxylation sites is 1. The molecule has 7 heteroatoms. The number of nitrogens with zero attached hydrogens (tertiary/aromatic N) is 2. The maximum Gasteiger partial charge on any atom is 0.251 e. The van der Waals surface area contributed by atoms with Crippen molar-refractivity contribution in [1.82, 2.24) is 20.5 Å². The van der Waals surface area contributed by atoms with Crippen molar-refractivity contribution in [3.05, 3.63) is 71.9 Å². The number of nitrogens with one attached hydrogen (secondary N) is 3. The van der Waals surface area contributed by atoms with Gasteiger partial charge in [0.2, 0.25) is 0 Å². The summed E-state index contributed by atoms with van der Waals surface area (Å²) in [5, 5.41) is 10.8. The number of guanidine groups is 1. The van der Waals surface area contributed by atoms with Gasteiger partial charge >= 0.3 is 0 Å². The van der Waals surface area contributed by atoms with E-state index >= 15 is 0 Å². The first-order chi connectivity index (χ1) is 14.2. The van der Waals surface area contributed by atoms with E-state index in [2.05, 4.69) is 62.0 Å². The smallest absolute Gasteiger partial charge is 0.251 e. The van der Waals surface area contributed by atoms with Crippen molar-refractivity contribution in [3.8, 4) is 0 Å². The molecule has 0 saturated carbocycles. The first-order valence-corrected chi connectivity index (χ1v) is 10.1. The van der Waals surface area contributed by atoms with Gasteiger partial charge in [-0.05, 0) is 48.6 Å². The maximum atomic E-state index is 12.0. The predicted molar refractivity (Wildman–Crippen MR) is 135 cm³/mol. The SMILES string of the molecule is CCNC(=O)c1cccc(CNC(=NC)NCCCn2ccc3ccccc32)c1.I. The summed E-state index contributed by atoms with van der Waals surface area (Å²) >= 11 is 0. The molecular weight excluding hydrogens is 489 g/mol. The molecule has 160 valence electrons. The van der Waals surface area contributed by atoms with Gasteiger partial charge in [-0.2, -0.15) is 0 Å². The first kappa shape index (κ1) is 23.7. The van der Waals surface area contributed by atoms with Gasteiger partial charge in [0.15, 0.2) is 5.96 Å². The molecule has 0 unspecified atom stereocenters. The Bertz CT molecular complexity index is 982. The average Bonchev–Trinajstić information content (AvgIpc) is 3.17. The number of hydrogen-bond acceptors (Lipinski definition) is 2. The van der Waals surface area contributed by atoms with Crippen molar-refractivity contribution in [3.63, 3.8) is 0 Å². The predicted octanol–water partition coefficient (Wildman–Crippen LogP) is 3.76. The highest BCUT2D eigenvalue weighted by atomic mass is 127. The first-order valence-electron chi connectivity index (χ1n) is 10.1. The van der Waals surface area contributed by atoms with Gasteiger partial charge in [0.1, 0.15) is 0 Å². The Labute approximate surface area is 195 Å². The largest absolute Gasteiger partial charge is 0.356 e. The summed E-state index contributed by atoms with van der Waals surface area (Å²) in [6, 6.07) is 18.2. The second-order valence-corrected chi connectivity index (χ2v) is 6.83. The second kappa shape index (κ2) is 12.2. The van der Waals surface area contributed by atoms with E-state index in [0.29, 0.717) is 18.7 Å². The fourth-order valence-corrected chi connectivity index (χ4v) is 3.28. The molecule has 3 rings (SSSR count). The molecule has 0 fully saturated rings. The molecule has 0 spiro atoms. The lowest BCUT2D eigenvalue weighted by Gasteiger charge is -2.13. The van der Waals surface area contributed by atoms with E-state index in [9.17, 15) is 4.79 Å². The van der Waals surface area contributed by atoms with Crippen LogP contribution in [0.3, 0.4) is 0 Å². The summed E-state index contributed by atoms with van der Waals surface area (Å²) in [6.45, 7) is 4.92. The summed E-state index contributed by atoms with van der Waals surface area (Å²) in [7, 11) is 1.76. The molecule has 0 aliphatic carbocycles. The molecule has 1 amide bonds. The van der Waals surface area contributed by atoms with Crippen molar-refractivity contribution < 1.29 is 4.79 Å². The van der Waals surface area contributed by atoms with E-state index in [-0.39, 0.29) is 29.9 Å². The summed E-state index contributed by atoms with van der Waals surface area (Å²) < 4.78 is 2.28. The number of halogens is 1. The number of benzene rings is 2. The average molecular weight is 519 g/mol. The van der Waals surface area contributed by atoms with Crippen LogP contribution >= 0.6 is 24.0 Å². The zero-order chi connectivity index (χ0) is 20.5. The standard InChI is InChI=1S/C23H29N5O.HI/c1-3-25-22(29)20-10-6-8-18(16-20)17-27-23(24-2)26-13-7-14-28-15-12-19-9-4-5-11-21(19)28;/h4-6,8-12,15-16H,3,7,13-14,17H2,1-2H3,(H,25,29)(H2,24,26,27);1H. The zero-order valence-electron chi connectivity index (χ0n) is 17.5. The highest BCUT2D eigenvalue weighted by molar-refractivity contribution is 14.0. The molecule has 0 aliphatic heterocycles. The zero-order valence-corrected chi connectivity index (χ0v) is 19.9. The molecule has 0 radical (unpaired) electrons. The Kier molecular flexibility index (Phi) is 9.66. The van der Waals surface area contributed by atoms with Gasteiger partial charge in [-0.3, -0.25) is 9.79 Å². The molecule has 0 bridgehead atoms. The van der Waals surface area contributed by atoms with Gasteiger partial charge in [0.05, 0.1) is 0 Å². The van der Waals surface area contributed by atoms with Crippen LogP contribution in [0, 0.1) is 0 Å². The fraction of sp³-hybridized carbons (Fsp3) is 0.304. The number of aliphatic imine (C=N–C) groups is 1. The number of rotatable bonds is 8. The number of fused-ring (bicyclic) bond motifs is 1. The molecular formula is C23H30IN5O. The minimum absolute atomic E-state index is 0. The molecule has 0 atom stereocenters. The molecule has 3 N–H and O–H groups in total. The van der Waals surface area contributed by atoms with Gasteiger partial charge in [0.25, 0.3) is 5.91 Å². The summed E-state index contributed by atoms with van der Waals surface area (Å²) in [5.41, 5.74) is 2.98. The number of hydrogen-bond donors (Lipinski definition) is 3. The van der Waals surface area contributed by atoms with Gasteiger partial charge in [0, 0.05) is 50.5 Å². The quantitative estimate of drug-likeness (QED) is 0.184. The number of aryl methyl sites for hydroxylation is 1. The monoisotopic (exact) mass is 519 g/mol. The highest BCUT2D eigenvalue weighted by Crippen LogP contribution is 2.15. The Balaban J connectivity index is 0.00000320. The lowest BCUT2D eigenvalue weighted by atomic mass is 10.1. The van der Waals surface area contributed by atoms with E-state index < -0.39 is 0 Å². The van der Waals surface area contributed by atoms with Crippen molar-refractivity contribution in [2.45, 2.75) is 26.4 Å². The van der Waals surface area contributed by atoms with Gasteiger partial charge in [-0.1, -0.05) is 30.3 Å². The molecule has 30 heavy (non-hydrogen) atoms. The van der Waals surface area contributed by atoms with Crippen LogP contribution in [0.25, 0.3) is 10.9 Å². The lowest BCUT2D eigenvalue weighted by Crippen LogP contribution is -2.37. The minimum atomic E-state index is -0.0469. The van der Waals surface area contributed by atoms with E-state index in [1.54, 1.807) is 7.05 Å². The van der Waals surface area contributed by atoms with Crippen LogP contribution in [-0.2, 0) is 13.1 Å². The number of carbonyl (C=O) groups excluding carboxylic acids is 1. The van der Waals surface area contributed by atoms with Crippen LogP contribution in [0.4, 0.5) is 0 Å². The summed E-state index contributed by atoms with van der Waals surface area (Å²) in [4.78, 5) is 16.3. The molecule has 3 aromatic rings. The third-order valence-corrected chi connectivity index (χ3v) is 4.76. The van der Waals surface area contributed by atoms with Crippen molar-refractivity contribution in [2.75, 3.05) is 20.1 Å². The van der Waals surface area contributed by atoms with E-state index in [0.717, 1.165) is 31.0 Å². The Morgan fingerprint density at radius 3 is 2.67 bits per heavy atom. The van der Waals surface area contributed by atoms with E-state index in [1.165, 1.54) is 10.9 Å². The van der Waals surface area contributed by atoms with Crippen LogP contribution in [0.1, 0.15) is 29.3 Å². The summed E-state index contributed by atoms with van der Waals surface area (Å²) in [5.74, 6) is 0.708. The van der Waals surface area contributed by atoms with Crippen LogP contribution in [0.2, 0.25) is 0 Å². The van der Waals surface area contributed by atoms with Crippen molar-refractivity contribution in [1.29, 1.82) is 0 Å². The van der Waals surface area contributed by atoms with Gasteiger partial charge in [-0.25, -0.2) is 0 Å². The van der Waals surface area contributed by atoms with Crippen LogP contribution < -0.4 is 16.0 Å². The summed E-state index contributed by atoms with van der Waals surface area (Å²) in [6.07, 6.45) is 3.13. The Morgan fingerprint density at radius 2 is 1.87 bits per heavy atom. The fourth-order valence-electron chi connectivity index (χ4n) is 3.28. The third-order valence-electron chi connectivity index (χ3n) is 4.76. The molecule has 0 aliphatic rings. The maximum absolute atomic E-state index is 12.0. The molecule has 1 heterocycles. The second-order valence-electron chi connectivity index (χ2n) is 6.83. The minimum Gasteiger partial charge on any atom is -0.356 e. The number of amides is 1. The van der Waals surface area contributed by atoms with Gasteiger partial charge < -0.3 is 20.5 Å². The number of carbonyl (C=O) groups is 1. The van der Waals surface area contributed by atoms with Crippen LogP contribution in [0.5, 0.6) is 0 Å². The molecule has 2 aromatic carbocycles. The Hall–Kier alpha value is -2.55. The Morgan fingerprint density at radius 1 is 1.03 bits per heavy atom. The van der Waals surface area contributed by atoms with Crippen molar-refractivity contribution >= 4 is 46.7 Å². The molecule has 0 saturated heterocycles. The topological polar surface area (TPSA) is 70.4 Å². The van der Waals surface area contributed by atoms with Crippen LogP contribution in [-0.4, -0.2) is 36.6 Å². The van der Waals surface area contributed by atoms with Crippen LogP contribution in [0.15, 0.2) is 65.8 Å². The van der Waals surface area contributed by atoms with Crippen molar-refractivity contribution in [2.24, 2.45) is 4.99 Å².